The molecule has 2 rings (SSSR count). The number of hydrogen-bond donors (Lipinski definition) is 2. The molecule has 0 radical (unpaired) electrons. The normalized spacial score (nSPS) is 10.5. The molecule has 0 bridgehead atoms. The van der Waals surface area contributed by atoms with Crippen LogP contribution in [-0.4, -0.2) is 26.1 Å². The molecule has 94 valence electrons. The van der Waals surface area contributed by atoms with Crippen LogP contribution in [0.2, 0.25) is 0 Å². The van der Waals surface area contributed by atoms with E-state index >= 15 is 0 Å². The van der Waals surface area contributed by atoms with Crippen molar-refractivity contribution in [3.63, 3.8) is 0 Å². The number of nitrogens with two attached hydrogens (primary N) is 2. The number of tetrazole rings is 1. The summed E-state index contributed by atoms with van der Waals surface area (Å²) < 4.78 is 1.58. The Balaban J connectivity index is 2.11. The smallest absolute Gasteiger partial charge is 0.248 e. The molecule has 4 N–H and O–H groups in total. The Kier molecular flexibility index (Phi) is 3.47. The zero-order valence-electron chi connectivity index (χ0n) is 9.70. The van der Waals surface area contributed by atoms with Gasteiger partial charge in [0.25, 0.3) is 0 Å². The highest BCUT2D eigenvalue weighted by Crippen LogP contribution is 2.23. The molecule has 0 fully saturated rings. The summed E-state index contributed by atoms with van der Waals surface area (Å²) in [5.41, 5.74) is 12.9. The molecule has 1 amide bonds. The van der Waals surface area contributed by atoms with Gasteiger partial charge in [0.2, 0.25) is 11.1 Å². The minimum absolute atomic E-state index is 0.404. The van der Waals surface area contributed by atoms with Crippen LogP contribution >= 0.6 is 11.8 Å². The summed E-state index contributed by atoms with van der Waals surface area (Å²) in [4.78, 5) is 11.0. The predicted octanol–water partition coefficient (Wildman–Crippen LogP) is 0.183. The van der Waals surface area contributed by atoms with Crippen molar-refractivity contribution in [2.24, 2.45) is 12.8 Å². The molecular weight excluding hydrogens is 252 g/mol. The zero-order valence-corrected chi connectivity index (χ0v) is 10.5. The number of carbonyl (C=O) groups excluding carboxylic acids is 1. The van der Waals surface area contributed by atoms with Crippen LogP contribution in [0.4, 0.5) is 5.69 Å². The Labute approximate surface area is 108 Å². The standard InChI is InChI=1S/C10H12N6OS/c1-16-10(13-14-15-16)18-5-7-3-2-6(9(12)17)4-8(7)11/h2-4H,5,11H2,1H3,(H2,12,17). The monoisotopic (exact) mass is 264 g/mol. The van der Waals surface area contributed by atoms with Crippen molar-refractivity contribution >= 4 is 23.4 Å². The van der Waals surface area contributed by atoms with E-state index in [9.17, 15) is 4.79 Å². The first-order valence-electron chi connectivity index (χ1n) is 5.11. The molecule has 0 atom stereocenters. The van der Waals surface area contributed by atoms with Gasteiger partial charge in [-0.15, -0.1) is 5.10 Å². The van der Waals surface area contributed by atoms with Gasteiger partial charge in [0, 0.05) is 24.1 Å². The van der Waals surface area contributed by atoms with Crippen molar-refractivity contribution in [1.29, 1.82) is 0 Å². The molecule has 0 saturated heterocycles. The van der Waals surface area contributed by atoms with Gasteiger partial charge >= 0.3 is 0 Å². The van der Waals surface area contributed by atoms with Crippen LogP contribution in [0.5, 0.6) is 0 Å². The van der Waals surface area contributed by atoms with Crippen molar-refractivity contribution in [1.82, 2.24) is 20.2 Å². The zero-order chi connectivity index (χ0) is 13.1. The van der Waals surface area contributed by atoms with Gasteiger partial charge in [-0.3, -0.25) is 4.79 Å². The maximum absolute atomic E-state index is 11.0. The molecule has 0 saturated carbocycles. The van der Waals surface area contributed by atoms with Gasteiger partial charge in [-0.1, -0.05) is 17.8 Å². The number of thioether (sulfide) groups is 1. The van der Waals surface area contributed by atoms with E-state index in [1.165, 1.54) is 11.8 Å². The molecule has 1 aromatic heterocycles. The van der Waals surface area contributed by atoms with Gasteiger partial charge < -0.3 is 11.5 Å². The van der Waals surface area contributed by atoms with Gasteiger partial charge in [-0.25, -0.2) is 4.68 Å². The predicted molar refractivity (Wildman–Crippen MR) is 67.7 cm³/mol. The quantitative estimate of drug-likeness (QED) is 0.601. The highest BCUT2D eigenvalue weighted by molar-refractivity contribution is 7.98. The third-order valence-electron chi connectivity index (χ3n) is 2.37. The highest BCUT2D eigenvalue weighted by atomic mass is 32.2. The second kappa shape index (κ2) is 5.05. The third kappa shape index (κ3) is 2.59. The van der Waals surface area contributed by atoms with Crippen LogP contribution in [-0.2, 0) is 12.8 Å². The van der Waals surface area contributed by atoms with E-state index in [1.54, 1.807) is 29.9 Å². The Morgan fingerprint density at radius 2 is 2.28 bits per heavy atom. The fraction of sp³-hybridized carbons (Fsp3) is 0.200. The minimum Gasteiger partial charge on any atom is -0.398 e. The number of nitrogens with zero attached hydrogens (tertiary/aromatic N) is 4. The SMILES string of the molecule is Cn1nnnc1SCc1ccc(C(N)=O)cc1N. The van der Waals surface area contributed by atoms with E-state index in [1.807, 2.05) is 0 Å². The number of carbonyl (C=O) groups is 1. The fourth-order valence-corrected chi connectivity index (χ4v) is 2.23. The van der Waals surface area contributed by atoms with Gasteiger partial charge in [0.05, 0.1) is 0 Å². The van der Waals surface area contributed by atoms with Crippen molar-refractivity contribution < 1.29 is 4.79 Å². The number of aromatic nitrogens is 4. The van der Waals surface area contributed by atoms with Gasteiger partial charge in [-0.2, -0.15) is 0 Å². The lowest BCUT2D eigenvalue weighted by Gasteiger charge is -2.06. The summed E-state index contributed by atoms with van der Waals surface area (Å²) in [6.07, 6.45) is 0. The average Bonchev–Trinajstić information content (AvgIpc) is 2.73. The Hall–Kier alpha value is -2.09. The van der Waals surface area contributed by atoms with E-state index in [4.69, 9.17) is 11.5 Å². The molecule has 8 heteroatoms. The topological polar surface area (TPSA) is 113 Å². The first kappa shape index (κ1) is 12.4. The maximum Gasteiger partial charge on any atom is 0.248 e. The first-order valence-corrected chi connectivity index (χ1v) is 6.10. The largest absolute Gasteiger partial charge is 0.398 e. The van der Waals surface area contributed by atoms with Crippen molar-refractivity contribution in [3.05, 3.63) is 29.3 Å². The van der Waals surface area contributed by atoms with Crippen molar-refractivity contribution in [2.45, 2.75) is 10.9 Å². The molecule has 0 aliphatic rings. The number of benzene rings is 1. The summed E-state index contributed by atoms with van der Waals surface area (Å²) in [6, 6.07) is 5.02. The average molecular weight is 264 g/mol. The molecule has 0 aliphatic carbocycles. The molecular formula is C10H12N6OS. The van der Waals surface area contributed by atoms with E-state index in [2.05, 4.69) is 15.5 Å². The van der Waals surface area contributed by atoms with Crippen LogP contribution < -0.4 is 11.5 Å². The maximum atomic E-state index is 11.0. The molecule has 2 aromatic rings. The lowest BCUT2D eigenvalue weighted by atomic mass is 10.1. The molecule has 0 spiro atoms. The third-order valence-corrected chi connectivity index (χ3v) is 3.43. The highest BCUT2D eigenvalue weighted by Gasteiger charge is 2.08. The minimum atomic E-state index is -0.488. The molecule has 7 nitrogen and oxygen atoms in total. The Morgan fingerprint density at radius 3 is 2.83 bits per heavy atom. The summed E-state index contributed by atoms with van der Waals surface area (Å²) in [7, 11) is 1.77. The number of nitrogen functional groups attached to an aromatic ring is 1. The summed E-state index contributed by atoms with van der Waals surface area (Å²) in [6.45, 7) is 0. The number of hydrogen-bond acceptors (Lipinski definition) is 6. The van der Waals surface area contributed by atoms with Crippen LogP contribution in [0.15, 0.2) is 23.4 Å². The lowest BCUT2D eigenvalue weighted by Crippen LogP contribution is -2.11. The summed E-state index contributed by atoms with van der Waals surface area (Å²) >= 11 is 1.47. The Bertz CT molecular complexity index is 581. The fourth-order valence-electron chi connectivity index (χ4n) is 1.37. The van der Waals surface area contributed by atoms with Crippen molar-refractivity contribution in [2.75, 3.05) is 5.73 Å². The van der Waals surface area contributed by atoms with Crippen LogP contribution in [0.1, 0.15) is 15.9 Å². The second-order valence-electron chi connectivity index (χ2n) is 3.65. The summed E-state index contributed by atoms with van der Waals surface area (Å²) in [5, 5.41) is 11.8. The number of amides is 1. The molecule has 1 heterocycles. The molecule has 18 heavy (non-hydrogen) atoms. The molecule has 1 aromatic carbocycles. The summed E-state index contributed by atoms with van der Waals surface area (Å²) in [5.74, 6) is 0.137. The van der Waals surface area contributed by atoms with Gasteiger partial charge in [0.15, 0.2) is 0 Å². The van der Waals surface area contributed by atoms with Crippen molar-refractivity contribution in [3.8, 4) is 0 Å². The van der Waals surface area contributed by atoms with E-state index in [0.717, 1.165) is 5.56 Å². The van der Waals surface area contributed by atoms with Gasteiger partial charge in [-0.05, 0) is 28.1 Å². The van der Waals surface area contributed by atoms with E-state index < -0.39 is 5.91 Å². The van der Waals surface area contributed by atoms with Crippen LogP contribution in [0, 0.1) is 0 Å². The number of primary amides is 1. The number of rotatable bonds is 4. The molecule has 0 unspecified atom stereocenters. The van der Waals surface area contributed by atoms with Gasteiger partial charge in [0.1, 0.15) is 0 Å². The second-order valence-corrected chi connectivity index (χ2v) is 4.59. The van der Waals surface area contributed by atoms with E-state index in [-0.39, 0.29) is 0 Å². The Morgan fingerprint density at radius 1 is 1.50 bits per heavy atom. The molecule has 0 aliphatic heterocycles. The number of anilines is 1. The van der Waals surface area contributed by atoms with Crippen LogP contribution in [0.3, 0.4) is 0 Å². The van der Waals surface area contributed by atoms with E-state index in [0.29, 0.717) is 22.2 Å². The van der Waals surface area contributed by atoms with Crippen LogP contribution in [0.25, 0.3) is 0 Å². The number of aryl methyl sites for hydroxylation is 1. The first-order chi connectivity index (χ1) is 8.58. The lowest BCUT2D eigenvalue weighted by molar-refractivity contribution is 0.100.